The number of thiophene rings is 1. The first-order valence-corrected chi connectivity index (χ1v) is 4.97. The Labute approximate surface area is 86.8 Å². The van der Waals surface area contributed by atoms with Crippen LogP contribution >= 0.6 is 11.3 Å². The first kappa shape index (κ1) is 8.30. The molecule has 7 heteroatoms. The van der Waals surface area contributed by atoms with Gasteiger partial charge in [-0.05, 0) is 27.9 Å². The van der Waals surface area contributed by atoms with Crippen LogP contribution in [0.5, 0.6) is 0 Å². The summed E-state index contributed by atoms with van der Waals surface area (Å²) in [6.07, 6.45) is 0. The lowest BCUT2D eigenvalue weighted by Gasteiger charge is -1.97. The predicted octanol–water partition coefficient (Wildman–Crippen LogP) is 1.04. The van der Waals surface area contributed by atoms with Crippen molar-refractivity contribution < 1.29 is 9.90 Å². The average Bonchev–Trinajstić information content (AvgIpc) is 2.83. The maximum atomic E-state index is 11.0. The zero-order chi connectivity index (χ0) is 10.4. The van der Waals surface area contributed by atoms with Crippen molar-refractivity contribution in [3.8, 4) is 0 Å². The van der Waals surface area contributed by atoms with Gasteiger partial charge in [-0.1, -0.05) is 0 Å². The highest BCUT2D eigenvalue weighted by Gasteiger charge is 2.15. The van der Waals surface area contributed by atoms with Crippen molar-refractivity contribution in [2.75, 3.05) is 0 Å². The SMILES string of the molecule is O=C(O)c1cc2sccc2n2nnnc12. The molecule has 0 unspecified atom stereocenters. The van der Waals surface area contributed by atoms with E-state index in [4.69, 9.17) is 5.11 Å². The molecule has 1 N–H and O–H groups in total. The van der Waals surface area contributed by atoms with Crippen LogP contribution < -0.4 is 0 Å². The van der Waals surface area contributed by atoms with Gasteiger partial charge in [-0.25, -0.2) is 4.79 Å². The molecule has 0 aliphatic carbocycles. The summed E-state index contributed by atoms with van der Waals surface area (Å²) in [5.41, 5.74) is 1.22. The average molecular weight is 220 g/mol. The number of carboxylic acids is 1. The van der Waals surface area contributed by atoms with Crippen molar-refractivity contribution in [1.82, 2.24) is 20.0 Å². The van der Waals surface area contributed by atoms with E-state index in [9.17, 15) is 4.79 Å². The summed E-state index contributed by atoms with van der Waals surface area (Å²) in [5, 5.41) is 21.8. The number of pyridine rings is 1. The molecule has 6 nitrogen and oxygen atoms in total. The lowest BCUT2D eigenvalue weighted by atomic mass is 10.2. The summed E-state index contributed by atoms with van der Waals surface area (Å²) in [6.45, 7) is 0. The first-order chi connectivity index (χ1) is 7.27. The lowest BCUT2D eigenvalue weighted by molar-refractivity contribution is 0.0698. The molecule has 0 atom stereocenters. The molecule has 0 aliphatic heterocycles. The van der Waals surface area contributed by atoms with Gasteiger partial charge in [0.05, 0.1) is 10.2 Å². The molecule has 0 spiro atoms. The van der Waals surface area contributed by atoms with Crippen molar-refractivity contribution >= 4 is 33.2 Å². The number of aromatic nitrogens is 4. The highest BCUT2D eigenvalue weighted by Crippen LogP contribution is 2.23. The second-order valence-electron chi connectivity index (χ2n) is 2.95. The summed E-state index contributed by atoms with van der Waals surface area (Å²) in [7, 11) is 0. The first-order valence-electron chi connectivity index (χ1n) is 4.09. The topological polar surface area (TPSA) is 80.4 Å². The number of hydrogen-bond donors (Lipinski definition) is 1. The number of rotatable bonds is 1. The maximum absolute atomic E-state index is 11.0. The van der Waals surface area contributed by atoms with E-state index < -0.39 is 5.97 Å². The third kappa shape index (κ3) is 1.03. The van der Waals surface area contributed by atoms with Gasteiger partial charge in [-0.3, -0.25) is 0 Å². The number of carboxylic acid groups (broad SMARTS) is 1. The third-order valence-corrected chi connectivity index (χ3v) is 2.97. The standard InChI is InChI=1S/C8H4N4O2S/c13-8(14)4-3-6-5(1-2-15-6)12-7(4)9-10-11-12/h1-3H,(H,13,14). The lowest BCUT2D eigenvalue weighted by Crippen LogP contribution is -2.01. The highest BCUT2D eigenvalue weighted by molar-refractivity contribution is 7.17. The van der Waals surface area contributed by atoms with Gasteiger partial charge in [0, 0.05) is 0 Å². The summed E-state index contributed by atoms with van der Waals surface area (Å²) in [6, 6.07) is 3.45. The van der Waals surface area contributed by atoms with Crippen LogP contribution in [0.2, 0.25) is 0 Å². The zero-order valence-electron chi connectivity index (χ0n) is 7.28. The Balaban J connectivity index is 2.59. The van der Waals surface area contributed by atoms with Crippen molar-refractivity contribution in [3.05, 3.63) is 23.1 Å². The van der Waals surface area contributed by atoms with Crippen LogP contribution in [-0.2, 0) is 0 Å². The molecule has 0 radical (unpaired) electrons. The number of tetrazole rings is 1. The van der Waals surface area contributed by atoms with Crippen molar-refractivity contribution in [3.63, 3.8) is 0 Å². The molecule has 3 aromatic rings. The molecular weight excluding hydrogens is 216 g/mol. The Hall–Kier alpha value is -2.02. The molecule has 0 saturated heterocycles. The van der Waals surface area contributed by atoms with Gasteiger partial charge in [0.25, 0.3) is 0 Å². The van der Waals surface area contributed by atoms with Crippen LogP contribution in [0.25, 0.3) is 15.9 Å². The number of aromatic carboxylic acids is 1. The fourth-order valence-corrected chi connectivity index (χ4v) is 2.27. The van der Waals surface area contributed by atoms with Crippen LogP contribution in [0.1, 0.15) is 10.4 Å². The summed E-state index contributed by atoms with van der Waals surface area (Å²) in [5.74, 6) is -1.02. The maximum Gasteiger partial charge on any atom is 0.339 e. The van der Waals surface area contributed by atoms with Crippen molar-refractivity contribution in [1.29, 1.82) is 0 Å². The third-order valence-electron chi connectivity index (χ3n) is 2.12. The molecule has 0 bridgehead atoms. The van der Waals surface area contributed by atoms with E-state index >= 15 is 0 Å². The molecule has 0 amide bonds. The number of hydrogen-bond acceptors (Lipinski definition) is 5. The number of nitrogens with zero attached hydrogens (tertiary/aromatic N) is 4. The molecule has 15 heavy (non-hydrogen) atoms. The quantitative estimate of drug-likeness (QED) is 0.662. The van der Waals surface area contributed by atoms with Gasteiger partial charge >= 0.3 is 5.97 Å². The fraction of sp³-hybridized carbons (Fsp3) is 0. The van der Waals surface area contributed by atoms with E-state index in [0.29, 0.717) is 0 Å². The predicted molar refractivity (Wildman–Crippen MR) is 53.1 cm³/mol. The number of carbonyl (C=O) groups is 1. The van der Waals surface area contributed by atoms with Crippen LogP contribution in [-0.4, -0.2) is 31.1 Å². The van der Waals surface area contributed by atoms with E-state index in [1.54, 1.807) is 6.07 Å². The Bertz CT molecular complexity index is 671. The Morgan fingerprint density at radius 1 is 1.53 bits per heavy atom. The fourth-order valence-electron chi connectivity index (χ4n) is 1.47. The van der Waals surface area contributed by atoms with E-state index in [0.717, 1.165) is 10.2 Å². The smallest absolute Gasteiger partial charge is 0.339 e. The summed E-state index contributed by atoms with van der Waals surface area (Å²) in [4.78, 5) is 11.0. The van der Waals surface area contributed by atoms with E-state index in [-0.39, 0.29) is 11.2 Å². The van der Waals surface area contributed by atoms with Gasteiger partial charge in [0.15, 0.2) is 5.65 Å². The van der Waals surface area contributed by atoms with Gasteiger partial charge in [0.2, 0.25) is 0 Å². The van der Waals surface area contributed by atoms with Gasteiger partial charge < -0.3 is 5.11 Å². The second-order valence-corrected chi connectivity index (χ2v) is 3.90. The molecule has 3 heterocycles. The monoisotopic (exact) mass is 220 g/mol. The minimum absolute atomic E-state index is 0.120. The molecule has 0 fully saturated rings. The summed E-state index contributed by atoms with van der Waals surface area (Å²) < 4.78 is 2.29. The largest absolute Gasteiger partial charge is 0.478 e. The Kier molecular flexibility index (Phi) is 1.51. The van der Waals surface area contributed by atoms with Gasteiger partial charge in [-0.2, -0.15) is 4.52 Å². The molecule has 0 aromatic carbocycles. The van der Waals surface area contributed by atoms with Crippen molar-refractivity contribution in [2.45, 2.75) is 0 Å². The van der Waals surface area contributed by atoms with Crippen molar-refractivity contribution in [2.24, 2.45) is 0 Å². The van der Waals surface area contributed by atoms with E-state index in [2.05, 4.69) is 15.5 Å². The van der Waals surface area contributed by atoms with Crippen LogP contribution in [0.3, 0.4) is 0 Å². The van der Waals surface area contributed by atoms with Crippen LogP contribution in [0.15, 0.2) is 17.5 Å². The Morgan fingerprint density at radius 3 is 3.20 bits per heavy atom. The second kappa shape index (κ2) is 2.74. The van der Waals surface area contributed by atoms with E-state index in [1.807, 2.05) is 11.4 Å². The molecule has 74 valence electrons. The Morgan fingerprint density at radius 2 is 2.40 bits per heavy atom. The van der Waals surface area contributed by atoms with Gasteiger partial charge in [0.1, 0.15) is 5.56 Å². The normalized spacial score (nSPS) is 11.2. The molecular formula is C8H4N4O2S. The van der Waals surface area contributed by atoms with E-state index in [1.165, 1.54) is 15.9 Å². The molecule has 3 rings (SSSR count). The minimum atomic E-state index is -1.02. The molecule has 3 aromatic heterocycles. The molecule has 0 aliphatic rings. The molecule has 0 saturated carbocycles. The minimum Gasteiger partial charge on any atom is -0.478 e. The summed E-state index contributed by atoms with van der Waals surface area (Å²) >= 11 is 1.46. The van der Waals surface area contributed by atoms with Crippen LogP contribution in [0.4, 0.5) is 0 Å². The number of fused-ring (bicyclic) bond motifs is 3. The van der Waals surface area contributed by atoms with Crippen LogP contribution in [0, 0.1) is 0 Å². The van der Waals surface area contributed by atoms with Gasteiger partial charge in [-0.15, -0.1) is 16.4 Å². The zero-order valence-corrected chi connectivity index (χ0v) is 8.10. The highest BCUT2D eigenvalue weighted by atomic mass is 32.1.